The second kappa shape index (κ2) is 6.59. The van der Waals surface area contributed by atoms with Crippen molar-refractivity contribution < 1.29 is 0 Å². The first-order chi connectivity index (χ1) is 16.9. The highest BCUT2D eigenvalue weighted by atomic mass is 14.9. The maximum absolute atomic E-state index is 2.47. The van der Waals surface area contributed by atoms with Crippen molar-refractivity contribution in [1.82, 2.24) is 4.40 Å². The van der Waals surface area contributed by atoms with Crippen molar-refractivity contribution in [3.63, 3.8) is 0 Å². The number of hydrogen-bond donors (Lipinski definition) is 0. The Morgan fingerprint density at radius 1 is 0.471 bits per heavy atom. The molecule has 0 saturated carbocycles. The van der Waals surface area contributed by atoms with E-state index in [2.05, 4.69) is 126 Å². The van der Waals surface area contributed by atoms with Crippen molar-refractivity contribution in [2.24, 2.45) is 0 Å². The molecule has 0 fully saturated rings. The minimum Gasteiger partial charge on any atom is -0.308 e. The topological polar surface area (TPSA) is 4.41 Å². The maximum atomic E-state index is 2.47. The minimum atomic E-state index is 0.395. The first-order valence-electron chi connectivity index (χ1n) is 11.9. The first kappa shape index (κ1) is 18.1. The smallest absolute Gasteiger partial charge is 0.0620 e. The molecular weight excluding hydrogens is 410 g/mol. The van der Waals surface area contributed by atoms with Crippen LogP contribution in [0, 0.1) is 0 Å². The van der Waals surface area contributed by atoms with E-state index in [0.29, 0.717) is 5.92 Å². The lowest BCUT2D eigenvalue weighted by Gasteiger charge is -2.07. The summed E-state index contributed by atoms with van der Waals surface area (Å²) in [5.41, 5.74) is 10.6. The molecule has 1 aliphatic rings. The lowest BCUT2D eigenvalue weighted by molar-refractivity contribution is 1.24. The molecule has 0 radical (unpaired) electrons. The van der Waals surface area contributed by atoms with Crippen molar-refractivity contribution in [3.05, 3.63) is 132 Å². The molecule has 158 valence electrons. The van der Waals surface area contributed by atoms with Gasteiger partial charge >= 0.3 is 0 Å². The number of rotatable bonds is 3. The molecule has 34 heavy (non-hydrogen) atoms. The lowest BCUT2D eigenvalue weighted by atomic mass is 9.98. The summed E-state index contributed by atoms with van der Waals surface area (Å²) in [6, 6.07) is 42.1. The summed E-state index contributed by atoms with van der Waals surface area (Å²) in [4.78, 5) is 0. The van der Waals surface area contributed by atoms with E-state index in [1.807, 2.05) is 0 Å². The SMILES string of the molecule is C1=C(c2ccc3c4cccc5c6ccccc6n(c3c2)c54)C1c1cccc(-c2ccccc2)c1. The molecule has 1 nitrogen and oxygen atoms in total. The summed E-state index contributed by atoms with van der Waals surface area (Å²) >= 11 is 0. The summed E-state index contributed by atoms with van der Waals surface area (Å²) in [6.07, 6.45) is 2.40. The van der Waals surface area contributed by atoms with Crippen molar-refractivity contribution in [2.45, 2.75) is 5.92 Å². The molecule has 8 rings (SSSR count). The second-order valence-electron chi connectivity index (χ2n) is 9.38. The van der Waals surface area contributed by atoms with Crippen LogP contribution in [-0.4, -0.2) is 4.40 Å². The first-order valence-corrected chi connectivity index (χ1v) is 11.9. The molecule has 7 aromatic rings. The average Bonchev–Trinajstić information content (AvgIpc) is 3.55. The van der Waals surface area contributed by atoms with Gasteiger partial charge in [0.1, 0.15) is 0 Å². The van der Waals surface area contributed by atoms with E-state index in [1.165, 1.54) is 65.9 Å². The largest absolute Gasteiger partial charge is 0.308 e. The monoisotopic (exact) mass is 431 g/mol. The number of fused-ring (bicyclic) bond motifs is 6. The Bertz CT molecular complexity index is 1900. The molecule has 0 amide bonds. The van der Waals surface area contributed by atoms with Gasteiger partial charge in [-0.25, -0.2) is 0 Å². The van der Waals surface area contributed by atoms with Gasteiger partial charge in [0, 0.05) is 27.5 Å². The Kier molecular flexibility index (Phi) is 3.51. The van der Waals surface area contributed by atoms with Gasteiger partial charge in [-0.2, -0.15) is 0 Å². The van der Waals surface area contributed by atoms with E-state index >= 15 is 0 Å². The third-order valence-electron chi connectivity index (χ3n) is 7.48. The third kappa shape index (κ3) is 2.44. The Morgan fingerprint density at radius 3 is 2.06 bits per heavy atom. The van der Waals surface area contributed by atoms with Crippen LogP contribution in [0.5, 0.6) is 0 Å². The molecule has 1 aliphatic carbocycles. The number of para-hydroxylation sites is 2. The zero-order valence-corrected chi connectivity index (χ0v) is 18.6. The highest BCUT2D eigenvalue weighted by Crippen LogP contribution is 2.48. The summed E-state index contributed by atoms with van der Waals surface area (Å²) in [5.74, 6) is 0.395. The van der Waals surface area contributed by atoms with Crippen molar-refractivity contribution >= 4 is 43.7 Å². The fraction of sp³-hybridized carbons (Fsp3) is 0.0303. The van der Waals surface area contributed by atoms with Crippen LogP contribution in [0.4, 0.5) is 0 Å². The quantitative estimate of drug-likeness (QED) is 0.264. The summed E-state index contributed by atoms with van der Waals surface area (Å²) in [5, 5.41) is 5.34. The summed E-state index contributed by atoms with van der Waals surface area (Å²) in [7, 11) is 0. The van der Waals surface area contributed by atoms with Gasteiger partial charge in [-0.3, -0.25) is 0 Å². The molecule has 5 aromatic carbocycles. The zero-order chi connectivity index (χ0) is 22.2. The number of benzene rings is 5. The van der Waals surface area contributed by atoms with Gasteiger partial charge in [-0.05, 0) is 40.0 Å². The van der Waals surface area contributed by atoms with Crippen LogP contribution < -0.4 is 0 Å². The highest BCUT2D eigenvalue weighted by Gasteiger charge is 2.28. The van der Waals surface area contributed by atoms with Crippen molar-refractivity contribution in [3.8, 4) is 11.1 Å². The molecule has 0 bridgehead atoms. The molecule has 0 spiro atoms. The van der Waals surface area contributed by atoms with Gasteiger partial charge in [-0.1, -0.05) is 109 Å². The van der Waals surface area contributed by atoms with Crippen LogP contribution in [0.1, 0.15) is 17.0 Å². The summed E-state index contributed by atoms with van der Waals surface area (Å²) < 4.78 is 2.47. The molecular formula is C33H21N. The Labute approximate surface area is 197 Å². The number of aromatic nitrogens is 1. The van der Waals surface area contributed by atoms with Crippen LogP contribution in [0.2, 0.25) is 0 Å². The van der Waals surface area contributed by atoms with Crippen LogP contribution in [0.3, 0.4) is 0 Å². The van der Waals surface area contributed by atoms with E-state index < -0.39 is 0 Å². The number of hydrogen-bond acceptors (Lipinski definition) is 0. The molecule has 2 heterocycles. The highest BCUT2D eigenvalue weighted by molar-refractivity contribution is 6.23. The van der Waals surface area contributed by atoms with Gasteiger partial charge in [0.2, 0.25) is 0 Å². The number of nitrogens with zero attached hydrogens (tertiary/aromatic N) is 1. The summed E-state index contributed by atoms with van der Waals surface area (Å²) in [6.45, 7) is 0. The van der Waals surface area contributed by atoms with E-state index in [9.17, 15) is 0 Å². The zero-order valence-electron chi connectivity index (χ0n) is 18.6. The molecule has 1 atom stereocenters. The number of allylic oxidation sites excluding steroid dienone is 2. The molecule has 0 aliphatic heterocycles. The predicted molar refractivity (Wildman–Crippen MR) is 144 cm³/mol. The van der Waals surface area contributed by atoms with Gasteiger partial charge in [-0.15, -0.1) is 0 Å². The molecule has 1 heteroatoms. The average molecular weight is 432 g/mol. The normalized spacial score (nSPS) is 15.5. The lowest BCUT2D eigenvalue weighted by Crippen LogP contribution is -1.87. The van der Waals surface area contributed by atoms with E-state index in [4.69, 9.17) is 0 Å². The van der Waals surface area contributed by atoms with E-state index in [1.54, 1.807) is 0 Å². The Balaban J connectivity index is 1.25. The molecule has 1 unspecified atom stereocenters. The minimum absolute atomic E-state index is 0.395. The Hall–Kier alpha value is -4.36. The third-order valence-corrected chi connectivity index (χ3v) is 7.48. The Morgan fingerprint density at radius 2 is 1.18 bits per heavy atom. The van der Waals surface area contributed by atoms with Gasteiger partial charge < -0.3 is 4.40 Å². The predicted octanol–water partition coefficient (Wildman–Crippen LogP) is 8.68. The fourth-order valence-electron chi connectivity index (χ4n) is 5.84. The van der Waals surface area contributed by atoms with Crippen molar-refractivity contribution in [1.29, 1.82) is 0 Å². The second-order valence-corrected chi connectivity index (χ2v) is 9.38. The van der Waals surface area contributed by atoms with Gasteiger partial charge in [0.05, 0.1) is 16.6 Å². The van der Waals surface area contributed by atoms with E-state index in [0.717, 1.165) is 0 Å². The van der Waals surface area contributed by atoms with Gasteiger partial charge in [0.25, 0.3) is 0 Å². The van der Waals surface area contributed by atoms with Crippen LogP contribution in [0.15, 0.2) is 121 Å². The standard InChI is InChI=1S/C33H21N/c1-2-8-21(9-3-1)22-10-6-11-23(18-22)29-20-30(29)24-16-17-26-28-14-7-13-27-25-12-4-5-15-31(25)34(33(27)28)32(26)19-24/h1-20,29H. The van der Waals surface area contributed by atoms with Crippen molar-refractivity contribution in [2.75, 3.05) is 0 Å². The van der Waals surface area contributed by atoms with Crippen LogP contribution in [0.25, 0.3) is 54.8 Å². The van der Waals surface area contributed by atoms with E-state index in [-0.39, 0.29) is 0 Å². The van der Waals surface area contributed by atoms with Crippen LogP contribution in [-0.2, 0) is 0 Å². The maximum Gasteiger partial charge on any atom is 0.0620 e. The molecule has 0 saturated heterocycles. The van der Waals surface area contributed by atoms with Crippen LogP contribution >= 0.6 is 0 Å². The fourth-order valence-corrected chi connectivity index (χ4v) is 5.84. The molecule has 2 aromatic heterocycles. The molecule has 0 N–H and O–H groups in total. The van der Waals surface area contributed by atoms with Gasteiger partial charge in [0.15, 0.2) is 0 Å².